The first-order valence-corrected chi connectivity index (χ1v) is 13.6. The summed E-state index contributed by atoms with van der Waals surface area (Å²) in [6, 6.07) is 12.2. The van der Waals surface area contributed by atoms with E-state index < -0.39 is 26.5 Å². The second kappa shape index (κ2) is 12.7. The van der Waals surface area contributed by atoms with Crippen LogP contribution in [0.25, 0.3) is 6.08 Å². The summed E-state index contributed by atoms with van der Waals surface area (Å²) < 4.78 is 55.7. The van der Waals surface area contributed by atoms with Crippen molar-refractivity contribution >= 4 is 50.4 Å². The topological polar surface area (TPSA) is 204 Å². The van der Waals surface area contributed by atoms with Gasteiger partial charge in [0.25, 0.3) is 10.1 Å². The zero-order chi connectivity index (χ0) is 30.4. The van der Waals surface area contributed by atoms with Crippen molar-refractivity contribution in [1.29, 1.82) is 0 Å². The minimum absolute atomic E-state index is 0.122. The summed E-state index contributed by atoms with van der Waals surface area (Å²) in [5.74, 6) is 0.532. The number of hydrogen-bond acceptors (Lipinski definition) is 13. The molecule has 1 aliphatic carbocycles. The first-order chi connectivity index (χ1) is 20.1. The summed E-state index contributed by atoms with van der Waals surface area (Å²) in [5, 5.41) is 21.4. The molecule has 0 radical (unpaired) electrons. The first-order valence-electron chi connectivity index (χ1n) is 12.2. The summed E-state index contributed by atoms with van der Waals surface area (Å²) in [6.45, 7) is -0.0158. The van der Waals surface area contributed by atoms with Gasteiger partial charge in [-0.05, 0) is 42.0 Å². The number of rotatable bonds is 11. The Labute approximate surface area is 240 Å². The average Bonchev–Trinajstić information content (AvgIpc) is 2.97. The highest BCUT2D eigenvalue weighted by Crippen LogP contribution is 2.40. The minimum Gasteiger partial charge on any atom is -0.494 e. The predicted octanol–water partition coefficient (Wildman–Crippen LogP) is 3.97. The molecular formula is C27H27N5O9S. The van der Waals surface area contributed by atoms with E-state index in [0.717, 1.165) is 6.08 Å². The molecule has 0 fully saturated rings. The third-order valence-electron chi connectivity index (χ3n) is 5.90. The van der Waals surface area contributed by atoms with Crippen molar-refractivity contribution in [3.63, 3.8) is 0 Å². The van der Waals surface area contributed by atoms with E-state index >= 15 is 0 Å². The molecule has 0 aliphatic heterocycles. The number of hydrogen-bond donors (Lipinski definition) is 4. The Balaban J connectivity index is 1.68. The molecule has 0 unspecified atom stereocenters. The van der Waals surface area contributed by atoms with Gasteiger partial charge in [-0.25, -0.2) is 0 Å². The molecule has 0 saturated heterocycles. The van der Waals surface area contributed by atoms with Gasteiger partial charge in [-0.3, -0.25) is 14.8 Å². The van der Waals surface area contributed by atoms with Crippen molar-refractivity contribution in [2.45, 2.75) is 0 Å². The number of nitrogens with zero attached hydrogens (tertiary/aromatic N) is 3. The van der Waals surface area contributed by atoms with E-state index in [9.17, 15) is 17.8 Å². The van der Waals surface area contributed by atoms with Crippen molar-refractivity contribution in [1.82, 2.24) is 0 Å². The molecule has 0 amide bonds. The van der Waals surface area contributed by atoms with Crippen LogP contribution in [0, 0.1) is 0 Å². The molecule has 0 spiro atoms. The second-order valence-electron chi connectivity index (χ2n) is 8.56. The summed E-state index contributed by atoms with van der Waals surface area (Å²) in [7, 11) is -0.593. The first kappa shape index (κ1) is 30.0. The van der Waals surface area contributed by atoms with Gasteiger partial charge in [0.2, 0.25) is 5.78 Å². The second-order valence-corrected chi connectivity index (χ2v) is 9.95. The van der Waals surface area contributed by atoms with E-state index in [1.807, 2.05) is 0 Å². The largest absolute Gasteiger partial charge is 0.494 e. The summed E-state index contributed by atoms with van der Waals surface area (Å²) in [4.78, 5) is 12.4. The van der Waals surface area contributed by atoms with Gasteiger partial charge in [0.05, 0.1) is 27.9 Å². The molecule has 42 heavy (non-hydrogen) atoms. The Morgan fingerprint density at radius 1 is 0.905 bits per heavy atom. The smallest absolute Gasteiger partial charge is 0.296 e. The third-order valence-corrected chi connectivity index (χ3v) is 6.77. The lowest BCUT2D eigenvalue weighted by Crippen LogP contribution is -2.27. The van der Waals surface area contributed by atoms with E-state index in [0.29, 0.717) is 22.9 Å². The molecule has 0 bridgehead atoms. The molecule has 1 aliphatic rings. The lowest BCUT2D eigenvalue weighted by molar-refractivity contribution is 0.106. The fourth-order valence-electron chi connectivity index (χ4n) is 3.92. The summed E-state index contributed by atoms with van der Waals surface area (Å²) in [5.41, 5.74) is 9.35. The SMILES string of the molecule is COc1cc(OCCO)ccc1/N=N/c1cc(OC)c(N/N=C2\C(=O)c3ccc(N)cc3C=C2S(=O)(=O)O)cc1OC. The highest BCUT2D eigenvalue weighted by molar-refractivity contribution is 7.91. The van der Waals surface area contributed by atoms with Crippen LogP contribution in [0.4, 0.5) is 22.7 Å². The average molecular weight is 598 g/mol. The number of anilines is 2. The van der Waals surface area contributed by atoms with E-state index in [-0.39, 0.29) is 47.2 Å². The van der Waals surface area contributed by atoms with Crippen molar-refractivity contribution in [2.24, 2.45) is 15.3 Å². The lowest BCUT2D eigenvalue weighted by Gasteiger charge is -2.17. The van der Waals surface area contributed by atoms with Crippen LogP contribution < -0.4 is 30.1 Å². The normalized spacial score (nSPS) is 14.0. The van der Waals surface area contributed by atoms with Gasteiger partial charge in [-0.1, -0.05) is 0 Å². The number of ketones is 1. The Kier molecular flexibility index (Phi) is 9.05. The molecule has 3 aromatic carbocycles. The maximum absolute atomic E-state index is 13.1. The number of methoxy groups -OCH3 is 3. The Bertz CT molecular complexity index is 1720. The summed E-state index contributed by atoms with van der Waals surface area (Å²) in [6.07, 6.45) is 1.11. The number of nitrogen functional groups attached to an aromatic ring is 1. The number of fused-ring (bicyclic) bond motifs is 1. The number of hydrazone groups is 1. The number of carbonyl (C=O) groups excluding carboxylic acids is 1. The van der Waals surface area contributed by atoms with Crippen molar-refractivity contribution in [2.75, 3.05) is 45.7 Å². The van der Waals surface area contributed by atoms with Crippen LogP contribution in [0.1, 0.15) is 15.9 Å². The van der Waals surface area contributed by atoms with E-state index in [1.165, 1.54) is 51.7 Å². The van der Waals surface area contributed by atoms with Gasteiger partial charge in [0, 0.05) is 29.4 Å². The van der Waals surface area contributed by atoms with Crippen LogP contribution in [0.2, 0.25) is 0 Å². The van der Waals surface area contributed by atoms with Gasteiger partial charge in [0.1, 0.15) is 51.6 Å². The molecule has 14 nitrogen and oxygen atoms in total. The van der Waals surface area contributed by atoms with Crippen molar-refractivity contribution < 1.29 is 41.8 Å². The number of aliphatic hydroxyl groups excluding tert-OH is 1. The molecule has 3 aromatic rings. The number of ether oxygens (including phenoxy) is 4. The van der Waals surface area contributed by atoms with Crippen molar-refractivity contribution in [3.8, 4) is 23.0 Å². The Morgan fingerprint density at radius 2 is 1.60 bits per heavy atom. The molecule has 220 valence electrons. The number of azo groups is 1. The molecule has 5 N–H and O–H groups in total. The zero-order valence-corrected chi connectivity index (χ0v) is 23.5. The summed E-state index contributed by atoms with van der Waals surface area (Å²) >= 11 is 0. The number of Topliss-reactive ketones (excluding diaryl/α,β-unsaturated/α-hetero) is 1. The number of benzene rings is 3. The van der Waals surface area contributed by atoms with E-state index in [2.05, 4.69) is 20.8 Å². The molecule has 0 aromatic heterocycles. The van der Waals surface area contributed by atoms with Gasteiger partial charge in [-0.15, -0.1) is 10.2 Å². The quantitative estimate of drug-likeness (QED) is 0.108. The highest BCUT2D eigenvalue weighted by atomic mass is 32.2. The predicted molar refractivity (Wildman–Crippen MR) is 155 cm³/mol. The molecule has 0 heterocycles. The van der Waals surface area contributed by atoms with Gasteiger partial charge in [0.15, 0.2) is 5.71 Å². The van der Waals surface area contributed by atoms with Crippen LogP contribution in [-0.4, -0.2) is 64.1 Å². The van der Waals surface area contributed by atoms with Crippen LogP contribution in [0.5, 0.6) is 23.0 Å². The monoisotopic (exact) mass is 597 g/mol. The van der Waals surface area contributed by atoms with Crippen molar-refractivity contribution in [3.05, 3.63) is 64.6 Å². The number of aliphatic hydroxyl groups is 1. The number of allylic oxidation sites excluding steroid dienone is 1. The van der Waals surface area contributed by atoms with Crippen LogP contribution in [-0.2, 0) is 10.1 Å². The number of carbonyl (C=O) groups is 1. The van der Waals surface area contributed by atoms with E-state index in [1.54, 1.807) is 18.2 Å². The number of nitrogens with two attached hydrogens (primary N) is 1. The standard InChI is InChI=1S/C27H27N5O9S/c1-38-22-12-17(41-9-8-33)5-7-19(22)29-30-20-13-24(40-3)21(14-23(20)39-2)31-32-26-25(42(35,36)37)11-15-10-16(28)4-6-18(15)27(26)34/h4-7,10-14,31,33H,8-9,28H2,1-3H3,(H,35,36,37)/b30-29+,32-26-. The number of nitrogens with one attached hydrogen (secondary N) is 1. The van der Waals surface area contributed by atoms with E-state index in [4.69, 9.17) is 29.8 Å². The molecule has 0 saturated carbocycles. The molecule has 0 atom stereocenters. The fraction of sp³-hybridized carbons (Fsp3) is 0.185. The third kappa shape index (κ3) is 6.49. The fourth-order valence-corrected chi connectivity index (χ4v) is 4.58. The van der Waals surface area contributed by atoms with Crippen LogP contribution >= 0.6 is 0 Å². The highest BCUT2D eigenvalue weighted by Gasteiger charge is 2.33. The van der Waals surface area contributed by atoms with Gasteiger partial charge < -0.3 is 29.8 Å². The molecular weight excluding hydrogens is 570 g/mol. The Morgan fingerprint density at radius 3 is 2.26 bits per heavy atom. The van der Waals surface area contributed by atoms with Gasteiger partial charge in [-0.2, -0.15) is 13.5 Å². The minimum atomic E-state index is -4.83. The van der Waals surface area contributed by atoms with Gasteiger partial charge >= 0.3 is 0 Å². The Hall–Kier alpha value is -4.99. The maximum atomic E-state index is 13.1. The van der Waals surface area contributed by atoms with Crippen LogP contribution in [0.15, 0.2) is 68.8 Å². The zero-order valence-electron chi connectivity index (χ0n) is 22.7. The maximum Gasteiger partial charge on any atom is 0.296 e. The molecule has 15 heteroatoms. The lowest BCUT2D eigenvalue weighted by atomic mass is 9.94. The molecule has 4 rings (SSSR count). The van der Waals surface area contributed by atoms with Crippen LogP contribution in [0.3, 0.4) is 0 Å².